The van der Waals surface area contributed by atoms with E-state index >= 15 is 0 Å². The van der Waals surface area contributed by atoms with E-state index in [1.54, 1.807) is 0 Å². The molecule has 1 aliphatic heterocycles. The van der Waals surface area contributed by atoms with Gasteiger partial charge in [0.2, 0.25) is 0 Å². The van der Waals surface area contributed by atoms with Gasteiger partial charge in [-0.2, -0.15) is 0 Å². The molecule has 82 valence electrons. The molecule has 2 rings (SSSR count). The van der Waals surface area contributed by atoms with Crippen molar-refractivity contribution in [3.05, 3.63) is 0 Å². The second-order valence-electron chi connectivity index (χ2n) is 4.79. The van der Waals surface area contributed by atoms with Crippen molar-refractivity contribution in [3.63, 3.8) is 0 Å². The summed E-state index contributed by atoms with van der Waals surface area (Å²) in [6.07, 6.45) is 2.73. The summed E-state index contributed by atoms with van der Waals surface area (Å²) in [7, 11) is 0. The Morgan fingerprint density at radius 2 is 2.07 bits per heavy atom. The maximum atomic E-state index is 13.0. The lowest BCUT2D eigenvalue weighted by Crippen LogP contribution is -2.48. The van der Waals surface area contributed by atoms with Crippen LogP contribution in [0.15, 0.2) is 0 Å². The number of nitrogens with two attached hydrogens (primary N) is 1. The molecule has 2 aliphatic rings. The Bertz CT molecular complexity index is 202. The number of hydrogen-bond acceptors (Lipinski definition) is 2. The fraction of sp³-hybridized carbons (Fsp3) is 1.00. The van der Waals surface area contributed by atoms with Gasteiger partial charge in [0, 0.05) is 19.0 Å². The van der Waals surface area contributed by atoms with Gasteiger partial charge in [-0.15, -0.1) is 0 Å². The normalized spacial score (nSPS) is 37.9. The molecule has 2 N–H and O–H groups in total. The molecule has 0 amide bonds. The standard InChI is InChI=1S/C10H18F2N2/c11-10(12)2-1-3-14(7-10)6-8-4-9(13)5-8/h8-9H,1-7,13H2. The van der Waals surface area contributed by atoms with E-state index in [2.05, 4.69) is 0 Å². The monoisotopic (exact) mass is 204 g/mol. The van der Waals surface area contributed by atoms with Crippen LogP contribution in [0.3, 0.4) is 0 Å². The molecule has 1 saturated heterocycles. The van der Waals surface area contributed by atoms with Crippen molar-refractivity contribution in [2.45, 2.75) is 37.6 Å². The first-order valence-electron chi connectivity index (χ1n) is 5.41. The molecule has 0 radical (unpaired) electrons. The van der Waals surface area contributed by atoms with Crippen molar-refractivity contribution in [1.29, 1.82) is 0 Å². The Hall–Kier alpha value is -0.220. The first-order valence-corrected chi connectivity index (χ1v) is 5.41. The zero-order chi connectivity index (χ0) is 10.2. The molecule has 14 heavy (non-hydrogen) atoms. The van der Waals surface area contributed by atoms with Crippen molar-refractivity contribution < 1.29 is 8.78 Å². The minimum absolute atomic E-state index is 0.0429. The Kier molecular flexibility index (Phi) is 2.75. The quantitative estimate of drug-likeness (QED) is 0.737. The van der Waals surface area contributed by atoms with Gasteiger partial charge in [-0.1, -0.05) is 0 Å². The highest BCUT2D eigenvalue weighted by Crippen LogP contribution is 2.31. The van der Waals surface area contributed by atoms with Gasteiger partial charge in [0.15, 0.2) is 0 Å². The summed E-state index contributed by atoms with van der Waals surface area (Å²) in [4.78, 5) is 1.90. The highest BCUT2D eigenvalue weighted by molar-refractivity contribution is 4.87. The molecule has 0 atom stereocenters. The Labute approximate surface area is 83.4 Å². The van der Waals surface area contributed by atoms with E-state index in [9.17, 15) is 8.78 Å². The lowest BCUT2D eigenvalue weighted by atomic mass is 9.80. The third kappa shape index (κ3) is 2.42. The third-order valence-electron chi connectivity index (χ3n) is 3.26. The van der Waals surface area contributed by atoms with Crippen molar-refractivity contribution in [1.82, 2.24) is 4.90 Å². The van der Waals surface area contributed by atoms with Gasteiger partial charge in [-0.25, -0.2) is 8.78 Å². The molecule has 1 saturated carbocycles. The maximum Gasteiger partial charge on any atom is 0.260 e. The number of alkyl halides is 2. The molecule has 0 unspecified atom stereocenters. The van der Waals surface area contributed by atoms with E-state index in [1.807, 2.05) is 4.90 Å². The van der Waals surface area contributed by atoms with E-state index in [4.69, 9.17) is 5.73 Å². The average molecular weight is 204 g/mol. The minimum Gasteiger partial charge on any atom is -0.328 e. The predicted octanol–water partition coefficient (Wildman–Crippen LogP) is 1.45. The SMILES string of the molecule is NC1CC(CN2CCCC(F)(F)C2)C1. The molecule has 1 aliphatic carbocycles. The average Bonchev–Trinajstić information content (AvgIpc) is 1.99. The number of nitrogens with zero attached hydrogens (tertiary/aromatic N) is 1. The second-order valence-corrected chi connectivity index (χ2v) is 4.79. The maximum absolute atomic E-state index is 13.0. The summed E-state index contributed by atoms with van der Waals surface area (Å²) in [6, 6.07) is 0.324. The van der Waals surface area contributed by atoms with E-state index in [0.717, 1.165) is 25.9 Å². The zero-order valence-electron chi connectivity index (χ0n) is 8.38. The largest absolute Gasteiger partial charge is 0.328 e. The van der Waals surface area contributed by atoms with Crippen LogP contribution in [-0.4, -0.2) is 36.5 Å². The lowest BCUT2D eigenvalue weighted by molar-refractivity contribution is -0.0698. The smallest absolute Gasteiger partial charge is 0.260 e. The number of likely N-dealkylation sites (tertiary alicyclic amines) is 1. The molecule has 0 aromatic rings. The van der Waals surface area contributed by atoms with Gasteiger partial charge >= 0.3 is 0 Å². The van der Waals surface area contributed by atoms with Crippen LogP contribution >= 0.6 is 0 Å². The Morgan fingerprint density at radius 1 is 1.36 bits per heavy atom. The topological polar surface area (TPSA) is 29.3 Å². The first-order chi connectivity index (χ1) is 6.55. The van der Waals surface area contributed by atoms with Crippen LogP contribution in [0.2, 0.25) is 0 Å². The highest BCUT2D eigenvalue weighted by Gasteiger charge is 2.37. The highest BCUT2D eigenvalue weighted by atomic mass is 19.3. The summed E-state index contributed by atoms with van der Waals surface area (Å²) in [6.45, 7) is 1.61. The first kappa shape index (κ1) is 10.3. The molecule has 0 aromatic carbocycles. The summed E-state index contributed by atoms with van der Waals surface area (Å²) in [5.74, 6) is -1.89. The van der Waals surface area contributed by atoms with Crippen molar-refractivity contribution in [2.24, 2.45) is 11.7 Å². The van der Waals surface area contributed by atoms with Crippen LogP contribution in [0, 0.1) is 5.92 Å². The van der Waals surface area contributed by atoms with Crippen molar-refractivity contribution in [2.75, 3.05) is 19.6 Å². The van der Waals surface area contributed by atoms with Crippen LogP contribution < -0.4 is 5.73 Å². The Balaban J connectivity index is 1.75. The van der Waals surface area contributed by atoms with Crippen molar-refractivity contribution >= 4 is 0 Å². The molecular formula is C10H18F2N2. The van der Waals surface area contributed by atoms with E-state index in [-0.39, 0.29) is 13.0 Å². The molecule has 1 heterocycles. The summed E-state index contributed by atoms with van der Waals surface area (Å²) >= 11 is 0. The fourth-order valence-electron chi connectivity index (χ4n) is 2.50. The van der Waals surface area contributed by atoms with Crippen LogP contribution in [0.25, 0.3) is 0 Å². The van der Waals surface area contributed by atoms with Crippen LogP contribution in [0.1, 0.15) is 25.7 Å². The number of halogens is 2. The molecule has 0 aromatic heterocycles. The molecule has 0 bridgehead atoms. The number of rotatable bonds is 2. The summed E-state index contributed by atoms with van der Waals surface area (Å²) in [5.41, 5.74) is 5.66. The summed E-state index contributed by atoms with van der Waals surface area (Å²) in [5, 5.41) is 0. The zero-order valence-corrected chi connectivity index (χ0v) is 8.38. The second kappa shape index (κ2) is 3.74. The van der Waals surface area contributed by atoms with Crippen LogP contribution in [0.5, 0.6) is 0 Å². The van der Waals surface area contributed by atoms with E-state index in [1.165, 1.54) is 0 Å². The van der Waals surface area contributed by atoms with E-state index in [0.29, 0.717) is 18.4 Å². The molecule has 0 spiro atoms. The number of piperidine rings is 1. The predicted molar refractivity (Wildman–Crippen MR) is 51.3 cm³/mol. The van der Waals surface area contributed by atoms with E-state index < -0.39 is 5.92 Å². The van der Waals surface area contributed by atoms with Gasteiger partial charge in [0.1, 0.15) is 0 Å². The van der Waals surface area contributed by atoms with Crippen LogP contribution in [0.4, 0.5) is 8.78 Å². The van der Waals surface area contributed by atoms with Gasteiger partial charge in [-0.3, -0.25) is 4.90 Å². The third-order valence-corrected chi connectivity index (χ3v) is 3.26. The fourth-order valence-corrected chi connectivity index (χ4v) is 2.50. The minimum atomic E-state index is -2.45. The lowest BCUT2D eigenvalue weighted by Gasteiger charge is -2.39. The molecule has 4 heteroatoms. The van der Waals surface area contributed by atoms with Gasteiger partial charge in [0.25, 0.3) is 5.92 Å². The molecule has 2 fully saturated rings. The van der Waals surface area contributed by atoms with Crippen molar-refractivity contribution in [3.8, 4) is 0 Å². The number of hydrogen-bond donors (Lipinski definition) is 1. The van der Waals surface area contributed by atoms with Gasteiger partial charge in [0.05, 0.1) is 6.54 Å². The molecular weight excluding hydrogens is 186 g/mol. The van der Waals surface area contributed by atoms with Crippen LogP contribution in [-0.2, 0) is 0 Å². The van der Waals surface area contributed by atoms with Gasteiger partial charge < -0.3 is 5.73 Å². The summed E-state index contributed by atoms with van der Waals surface area (Å²) < 4.78 is 26.1. The van der Waals surface area contributed by atoms with Gasteiger partial charge in [-0.05, 0) is 31.7 Å². The molecule has 2 nitrogen and oxygen atoms in total. The Morgan fingerprint density at radius 3 is 2.64 bits per heavy atom.